The molecular formula is C13H20O. The molecule has 0 spiro atoms. The summed E-state index contributed by atoms with van der Waals surface area (Å²) in [6, 6.07) is 0. The van der Waals surface area contributed by atoms with E-state index in [9.17, 15) is 4.79 Å². The van der Waals surface area contributed by atoms with Crippen LogP contribution in [0.25, 0.3) is 0 Å². The van der Waals surface area contributed by atoms with E-state index in [2.05, 4.69) is 32.9 Å². The summed E-state index contributed by atoms with van der Waals surface area (Å²) in [4.78, 5) is 10.9. The van der Waals surface area contributed by atoms with Gasteiger partial charge < -0.3 is 0 Å². The van der Waals surface area contributed by atoms with Crippen molar-refractivity contribution in [2.24, 2.45) is 17.8 Å². The minimum Gasteiger partial charge on any atom is -0.295 e. The summed E-state index contributed by atoms with van der Waals surface area (Å²) in [7, 11) is 0. The van der Waals surface area contributed by atoms with Crippen molar-refractivity contribution in [3.8, 4) is 0 Å². The Labute approximate surface area is 86.9 Å². The van der Waals surface area contributed by atoms with Gasteiger partial charge in [0.25, 0.3) is 0 Å². The van der Waals surface area contributed by atoms with Crippen LogP contribution < -0.4 is 0 Å². The molecule has 0 radical (unpaired) electrons. The van der Waals surface area contributed by atoms with Crippen LogP contribution in [0.2, 0.25) is 0 Å². The van der Waals surface area contributed by atoms with Gasteiger partial charge in [-0.2, -0.15) is 0 Å². The van der Waals surface area contributed by atoms with Crippen molar-refractivity contribution < 1.29 is 4.79 Å². The molecule has 1 heteroatoms. The van der Waals surface area contributed by atoms with Gasteiger partial charge in [0.2, 0.25) is 0 Å². The standard InChI is InChI=1S/C13H20O/c1-9-5-6-10(2)13(12(9)4)8-7-11(3)14/h5,7-8,10,12-13H,6H2,1-4H3/b8-7+. The fourth-order valence-corrected chi connectivity index (χ4v) is 2.11. The summed E-state index contributed by atoms with van der Waals surface area (Å²) in [5.74, 6) is 1.92. The zero-order chi connectivity index (χ0) is 10.7. The molecule has 78 valence electrons. The highest BCUT2D eigenvalue weighted by atomic mass is 16.1. The van der Waals surface area contributed by atoms with Gasteiger partial charge in [-0.05, 0) is 44.1 Å². The Morgan fingerprint density at radius 2 is 2.14 bits per heavy atom. The van der Waals surface area contributed by atoms with Gasteiger partial charge in [-0.25, -0.2) is 0 Å². The number of hydrogen-bond acceptors (Lipinski definition) is 1. The summed E-state index contributed by atoms with van der Waals surface area (Å²) < 4.78 is 0. The molecule has 1 aliphatic carbocycles. The van der Waals surface area contributed by atoms with E-state index in [0.717, 1.165) is 6.42 Å². The van der Waals surface area contributed by atoms with E-state index in [0.29, 0.717) is 17.8 Å². The molecule has 0 N–H and O–H groups in total. The van der Waals surface area contributed by atoms with Gasteiger partial charge in [-0.1, -0.05) is 31.6 Å². The number of carbonyl (C=O) groups excluding carboxylic acids is 1. The Kier molecular flexibility index (Phi) is 3.68. The average molecular weight is 192 g/mol. The number of carbonyl (C=O) groups is 1. The summed E-state index contributed by atoms with van der Waals surface area (Å²) >= 11 is 0. The van der Waals surface area contributed by atoms with Gasteiger partial charge in [0.15, 0.2) is 5.78 Å². The topological polar surface area (TPSA) is 17.1 Å². The molecule has 14 heavy (non-hydrogen) atoms. The zero-order valence-corrected chi connectivity index (χ0v) is 9.58. The first-order valence-electron chi connectivity index (χ1n) is 5.37. The van der Waals surface area contributed by atoms with Crippen LogP contribution in [-0.2, 0) is 4.79 Å². The highest BCUT2D eigenvalue weighted by Gasteiger charge is 2.25. The molecule has 0 aliphatic heterocycles. The van der Waals surface area contributed by atoms with Gasteiger partial charge >= 0.3 is 0 Å². The summed E-state index contributed by atoms with van der Waals surface area (Å²) in [6.45, 7) is 8.30. The maximum atomic E-state index is 10.9. The largest absolute Gasteiger partial charge is 0.295 e. The molecule has 3 unspecified atom stereocenters. The van der Waals surface area contributed by atoms with E-state index in [4.69, 9.17) is 0 Å². The monoisotopic (exact) mass is 192 g/mol. The van der Waals surface area contributed by atoms with E-state index in [1.54, 1.807) is 13.0 Å². The molecule has 1 nitrogen and oxygen atoms in total. The molecule has 0 aromatic heterocycles. The fourth-order valence-electron chi connectivity index (χ4n) is 2.11. The SMILES string of the molecule is CC(=O)/C=C/C1C(C)CC=C(C)C1C. The molecule has 0 saturated carbocycles. The lowest BCUT2D eigenvalue weighted by molar-refractivity contribution is -0.112. The van der Waals surface area contributed by atoms with Crippen LogP contribution in [0, 0.1) is 17.8 Å². The molecule has 1 aliphatic rings. The van der Waals surface area contributed by atoms with Gasteiger partial charge in [-0.15, -0.1) is 0 Å². The van der Waals surface area contributed by atoms with Crippen molar-refractivity contribution in [2.45, 2.75) is 34.1 Å². The molecule has 0 aromatic rings. The smallest absolute Gasteiger partial charge is 0.152 e. The Morgan fingerprint density at radius 1 is 1.50 bits per heavy atom. The minimum atomic E-state index is 0.150. The maximum Gasteiger partial charge on any atom is 0.152 e. The van der Waals surface area contributed by atoms with Crippen molar-refractivity contribution in [3.05, 3.63) is 23.8 Å². The third-order valence-electron chi connectivity index (χ3n) is 3.32. The molecule has 0 aromatic carbocycles. The van der Waals surface area contributed by atoms with Crippen LogP contribution in [0.3, 0.4) is 0 Å². The highest BCUT2D eigenvalue weighted by molar-refractivity contribution is 5.87. The summed E-state index contributed by atoms with van der Waals surface area (Å²) in [5, 5.41) is 0. The molecule has 1 rings (SSSR count). The van der Waals surface area contributed by atoms with Crippen LogP contribution >= 0.6 is 0 Å². The van der Waals surface area contributed by atoms with Gasteiger partial charge in [-0.3, -0.25) is 4.79 Å². The third-order valence-corrected chi connectivity index (χ3v) is 3.32. The molecular weight excluding hydrogens is 172 g/mol. The minimum absolute atomic E-state index is 0.150. The number of allylic oxidation sites excluding steroid dienone is 4. The summed E-state index contributed by atoms with van der Waals surface area (Å²) in [6.07, 6.45) is 7.28. The Hall–Kier alpha value is -0.850. The maximum absolute atomic E-state index is 10.9. The van der Waals surface area contributed by atoms with Gasteiger partial charge in [0.1, 0.15) is 0 Å². The number of rotatable bonds is 2. The van der Waals surface area contributed by atoms with Crippen molar-refractivity contribution in [2.75, 3.05) is 0 Å². The molecule has 0 saturated heterocycles. The Bertz CT molecular complexity index is 273. The van der Waals surface area contributed by atoms with E-state index in [1.165, 1.54) is 5.57 Å². The van der Waals surface area contributed by atoms with Crippen molar-refractivity contribution in [1.82, 2.24) is 0 Å². The van der Waals surface area contributed by atoms with Crippen molar-refractivity contribution in [1.29, 1.82) is 0 Å². The third kappa shape index (κ3) is 2.57. The van der Waals surface area contributed by atoms with Crippen LogP contribution in [0.15, 0.2) is 23.8 Å². The first-order chi connectivity index (χ1) is 6.52. The molecule has 0 bridgehead atoms. The number of hydrogen-bond donors (Lipinski definition) is 0. The van der Waals surface area contributed by atoms with E-state index in [1.807, 2.05) is 0 Å². The lowest BCUT2D eigenvalue weighted by atomic mass is 9.74. The van der Waals surface area contributed by atoms with Crippen LogP contribution in [0.1, 0.15) is 34.1 Å². The van der Waals surface area contributed by atoms with E-state index < -0.39 is 0 Å². The lowest BCUT2D eigenvalue weighted by Gasteiger charge is -2.31. The highest BCUT2D eigenvalue weighted by Crippen LogP contribution is 2.35. The van der Waals surface area contributed by atoms with Crippen molar-refractivity contribution >= 4 is 5.78 Å². The van der Waals surface area contributed by atoms with Crippen molar-refractivity contribution in [3.63, 3.8) is 0 Å². The first-order valence-corrected chi connectivity index (χ1v) is 5.37. The molecule has 0 amide bonds. The van der Waals surface area contributed by atoms with Crippen LogP contribution in [0.5, 0.6) is 0 Å². The predicted octanol–water partition coefficient (Wildman–Crippen LogP) is 3.37. The second-order valence-electron chi connectivity index (χ2n) is 4.50. The van der Waals surface area contributed by atoms with E-state index in [-0.39, 0.29) is 5.78 Å². The molecule has 0 heterocycles. The second kappa shape index (κ2) is 4.59. The predicted molar refractivity (Wildman–Crippen MR) is 60.0 cm³/mol. The van der Waals surface area contributed by atoms with Gasteiger partial charge in [0, 0.05) is 0 Å². The first kappa shape index (κ1) is 11.2. The van der Waals surface area contributed by atoms with E-state index >= 15 is 0 Å². The average Bonchev–Trinajstić information content (AvgIpc) is 2.11. The zero-order valence-electron chi connectivity index (χ0n) is 9.58. The van der Waals surface area contributed by atoms with Crippen LogP contribution in [0.4, 0.5) is 0 Å². The second-order valence-corrected chi connectivity index (χ2v) is 4.50. The molecule has 0 fully saturated rings. The van der Waals surface area contributed by atoms with Gasteiger partial charge in [0.05, 0.1) is 0 Å². The van der Waals surface area contributed by atoms with Crippen LogP contribution in [-0.4, -0.2) is 5.78 Å². The Balaban J connectivity index is 2.76. The molecule has 3 atom stereocenters. The number of ketones is 1. The lowest BCUT2D eigenvalue weighted by Crippen LogP contribution is -2.22. The Morgan fingerprint density at radius 3 is 2.71 bits per heavy atom. The fraction of sp³-hybridized carbons (Fsp3) is 0.615. The normalized spacial score (nSPS) is 33.1. The quantitative estimate of drug-likeness (QED) is 0.484. The summed E-state index contributed by atoms with van der Waals surface area (Å²) in [5.41, 5.74) is 1.46.